The quantitative estimate of drug-likeness (QED) is 0.806. The van der Waals surface area contributed by atoms with E-state index >= 15 is 0 Å². The van der Waals surface area contributed by atoms with E-state index in [1.54, 1.807) is 18.3 Å². The van der Waals surface area contributed by atoms with Gasteiger partial charge >= 0.3 is 0 Å². The monoisotopic (exact) mass is 402 g/mol. The molecule has 0 unspecified atom stereocenters. The highest BCUT2D eigenvalue weighted by Crippen LogP contribution is 2.32. The van der Waals surface area contributed by atoms with Crippen molar-refractivity contribution in [2.24, 2.45) is 11.8 Å². The molecule has 0 saturated carbocycles. The molecule has 29 heavy (non-hydrogen) atoms. The molecule has 7 heteroatoms. The number of amides is 1. The molecule has 1 aromatic heterocycles. The van der Waals surface area contributed by atoms with Crippen molar-refractivity contribution in [3.8, 4) is 0 Å². The van der Waals surface area contributed by atoms with E-state index in [1.807, 2.05) is 11.1 Å². The Morgan fingerprint density at radius 1 is 1.14 bits per heavy atom. The molecule has 0 spiro atoms. The third-order valence-electron chi connectivity index (χ3n) is 6.48. The molecular weight excluding hydrogens is 374 g/mol. The maximum absolute atomic E-state index is 13.9. The first-order chi connectivity index (χ1) is 14.1. The molecule has 2 aromatic rings. The van der Waals surface area contributed by atoms with Crippen LogP contribution in [0, 0.1) is 23.5 Å². The largest absolute Gasteiger partial charge is 0.342 e. The molecule has 3 heterocycles. The van der Waals surface area contributed by atoms with E-state index < -0.39 is 11.6 Å². The molecule has 1 aromatic carbocycles. The molecule has 2 saturated heterocycles. The summed E-state index contributed by atoms with van der Waals surface area (Å²) in [6.07, 6.45) is 8.04. The van der Waals surface area contributed by atoms with Crippen LogP contribution in [0.25, 0.3) is 0 Å². The van der Waals surface area contributed by atoms with Gasteiger partial charge in [-0.25, -0.2) is 8.78 Å². The van der Waals surface area contributed by atoms with Crippen LogP contribution in [-0.2, 0) is 17.8 Å². The predicted octanol–water partition coefficient (Wildman–Crippen LogP) is 3.38. The summed E-state index contributed by atoms with van der Waals surface area (Å²) in [6.45, 7) is 3.95. The summed E-state index contributed by atoms with van der Waals surface area (Å²) in [7, 11) is 0. The number of aromatic amines is 1. The van der Waals surface area contributed by atoms with Gasteiger partial charge in [0.2, 0.25) is 5.91 Å². The van der Waals surface area contributed by atoms with Gasteiger partial charge in [0.25, 0.3) is 0 Å². The van der Waals surface area contributed by atoms with Gasteiger partial charge in [0.05, 0.1) is 6.20 Å². The van der Waals surface area contributed by atoms with Gasteiger partial charge in [0, 0.05) is 37.8 Å². The van der Waals surface area contributed by atoms with Gasteiger partial charge in [-0.2, -0.15) is 5.10 Å². The van der Waals surface area contributed by atoms with Crippen molar-refractivity contribution in [3.63, 3.8) is 0 Å². The first-order valence-electron chi connectivity index (χ1n) is 10.5. The van der Waals surface area contributed by atoms with Gasteiger partial charge in [-0.05, 0) is 62.2 Å². The van der Waals surface area contributed by atoms with Crippen LogP contribution in [0.2, 0.25) is 0 Å². The van der Waals surface area contributed by atoms with Crippen LogP contribution in [-0.4, -0.2) is 52.1 Å². The second kappa shape index (κ2) is 9.03. The normalized spacial score (nSPS) is 21.0. The van der Waals surface area contributed by atoms with Gasteiger partial charge in [-0.15, -0.1) is 0 Å². The third kappa shape index (κ3) is 4.83. The fourth-order valence-electron chi connectivity index (χ4n) is 4.72. The fourth-order valence-corrected chi connectivity index (χ4v) is 4.72. The molecule has 0 bridgehead atoms. The Balaban J connectivity index is 1.22. The van der Waals surface area contributed by atoms with E-state index in [4.69, 9.17) is 0 Å². The van der Waals surface area contributed by atoms with Crippen molar-refractivity contribution in [3.05, 3.63) is 53.4 Å². The SMILES string of the molecule is O=C(CCc1cn[nH]c1)N1CC[C@@H](C2CCN(Cc3cccc(F)c3F)CC2)C1. The highest BCUT2D eigenvalue weighted by atomic mass is 19.2. The lowest BCUT2D eigenvalue weighted by Gasteiger charge is -2.35. The van der Waals surface area contributed by atoms with Crippen LogP contribution in [0.5, 0.6) is 0 Å². The smallest absolute Gasteiger partial charge is 0.222 e. The Bertz CT molecular complexity index is 818. The maximum atomic E-state index is 13.9. The van der Waals surface area contributed by atoms with Gasteiger partial charge in [-0.3, -0.25) is 14.8 Å². The number of aryl methyl sites for hydroxylation is 1. The zero-order chi connectivity index (χ0) is 20.2. The first kappa shape index (κ1) is 20.0. The van der Waals surface area contributed by atoms with E-state index in [9.17, 15) is 13.6 Å². The number of carbonyl (C=O) groups excluding carboxylic acids is 1. The Morgan fingerprint density at radius 2 is 1.93 bits per heavy atom. The number of hydrogen-bond donors (Lipinski definition) is 1. The van der Waals surface area contributed by atoms with Crippen LogP contribution < -0.4 is 0 Å². The summed E-state index contributed by atoms with van der Waals surface area (Å²) >= 11 is 0. The van der Waals surface area contributed by atoms with Crippen LogP contribution >= 0.6 is 0 Å². The number of hydrogen-bond acceptors (Lipinski definition) is 3. The van der Waals surface area contributed by atoms with Crippen molar-refractivity contribution in [2.45, 2.75) is 38.6 Å². The third-order valence-corrected chi connectivity index (χ3v) is 6.48. The number of halogens is 2. The minimum Gasteiger partial charge on any atom is -0.342 e. The number of nitrogens with zero attached hydrogens (tertiary/aromatic N) is 3. The predicted molar refractivity (Wildman–Crippen MR) is 106 cm³/mol. The number of piperidine rings is 1. The summed E-state index contributed by atoms with van der Waals surface area (Å²) in [5.41, 5.74) is 1.50. The molecular formula is C22H28F2N4O. The number of rotatable bonds is 6. The fraction of sp³-hybridized carbons (Fsp3) is 0.545. The van der Waals surface area contributed by atoms with E-state index in [2.05, 4.69) is 15.1 Å². The Hall–Kier alpha value is -2.28. The van der Waals surface area contributed by atoms with Gasteiger partial charge < -0.3 is 4.90 Å². The van der Waals surface area contributed by atoms with Crippen LogP contribution in [0.15, 0.2) is 30.6 Å². The second-order valence-electron chi connectivity index (χ2n) is 8.32. The van der Waals surface area contributed by atoms with E-state index in [1.165, 1.54) is 0 Å². The van der Waals surface area contributed by atoms with Crippen LogP contribution in [0.1, 0.15) is 36.8 Å². The highest BCUT2D eigenvalue weighted by Gasteiger charge is 2.33. The molecule has 5 nitrogen and oxygen atoms in total. The molecule has 2 aliphatic rings. The summed E-state index contributed by atoms with van der Waals surface area (Å²) < 4.78 is 27.3. The average Bonchev–Trinajstić information content (AvgIpc) is 3.42. The average molecular weight is 402 g/mol. The molecule has 1 amide bonds. The number of H-pyrrole nitrogens is 1. The summed E-state index contributed by atoms with van der Waals surface area (Å²) in [4.78, 5) is 16.7. The lowest BCUT2D eigenvalue weighted by molar-refractivity contribution is -0.130. The summed E-state index contributed by atoms with van der Waals surface area (Å²) in [6, 6.07) is 4.39. The van der Waals surface area contributed by atoms with Crippen molar-refractivity contribution in [1.82, 2.24) is 20.0 Å². The summed E-state index contributed by atoms with van der Waals surface area (Å²) in [5, 5.41) is 6.70. The minimum absolute atomic E-state index is 0.229. The maximum Gasteiger partial charge on any atom is 0.222 e. The lowest BCUT2D eigenvalue weighted by Crippen LogP contribution is -2.37. The Morgan fingerprint density at radius 3 is 2.69 bits per heavy atom. The van der Waals surface area contributed by atoms with E-state index in [0.717, 1.165) is 63.5 Å². The molecule has 156 valence electrons. The standard InChI is InChI=1S/C22H28F2N4O/c23-20-3-1-2-19(22(20)24)14-27-9-6-17(7-10-27)18-8-11-28(15-18)21(29)5-4-16-12-25-26-13-16/h1-3,12-13,17-18H,4-11,14-15H2,(H,25,26)/t18-/m1/s1. The van der Waals surface area contributed by atoms with Crippen molar-refractivity contribution < 1.29 is 13.6 Å². The number of carbonyl (C=O) groups is 1. The Kier molecular flexibility index (Phi) is 6.23. The molecule has 1 atom stereocenters. The molecule has 2 aliphatic heterocycles. The number of aromatic nitrogens is 2. The molecule has 4 rings (SSSR count). The summed E-state index contributed by atoms with van der Waals surface area (Å²) in [5.74, 6) is -0.111. The minimum atomic E-state index is -0.777. The van der Waals surface area contributed by atoms with Crippen LogP contribution in [0.4, 0.5) is 8.78 Å². The van der Waals surface area contributed by atoms with Gasteiger partial charge in [0.15, 0.2) is 11.6 Å². The number of nitrogens with one attached hydrogen (secondary N) is 1. The van der Waals surface area contributed by atoms with Gasteiger partial charge in [0.1, 0.15) is 0 Å². The zero-order valence-electron chi connectivity index (χ0n) is 16.6. The molecule has 0 aliphatic carbocycles. The molecule has 0 radical (unpaired) electrons. The number of benzene rings is 1. The molecule has 2 fully saturated rings. The van der Waals surface area contributed by atoms with Crippen molar-refractivity contribution in [2.75, 3.05) is 26.2 Å². The van der Waals surface area contributed by atoms with Crippen LogP contribution in [0.3, 0.4) is 0 Å². The lowest BCUT2D eigenvalue weighted by atomic mass is 9.83. The van der Waals surface area contributed by atoms with Crippen molar-refractivity contribution >= 4 is 5.91 Å². The van der Waals surface area contributed by atoms with E-state index in [0.29, 0.717) is 30.4 Å². The highest BCUT2D eigenvalue weighted by molar-refractivity contribution is 5.76. The topological polar surface area (TPSA) is 52.2 Å². The first-order valence-corrected chi connectivity index (χ1v) is 10.5. The number of likely N-dealkylation sites (tertiary alicyclic amines) is 2. The van der Waals surface area contributed by atoms with E-state index in [-0.39, 0.29) is 5.91 Å². The molecule has 1 N–H and O–H groups in total. The van der Waals surface area contributed by atoms with Crippen molar-refractivity contribution in [1.29, 1.82) is 0 Å². The second-order valence-corrected chi connectivity index (χ2v) is 8.32. The zero-order valence-corrected chi connectivity index (χ0v) is 16.6. The Labute approximate surface area is 170 Å². The van der Waals surface area contributed by atoms with Gasteiger partial charge in [-0.1, -0.05) is 12.1 Å².